The lowest BCUT2D eigenvalue weighted by molar-refractivity contribution is 0.628. The van der Waals surface area contributed by atoms with Crippen molar-refractivity contribution in [2.75, 3.05) is 0 Å². The molecule has 1 aromatic rings. The summed E-state index contributed by atoms with van der Waals surface area (Å²) in [6.07, 6.45) is 0.891. The third-order valence-corrected chi connectivity index (χ3v) is 1.54. The molecule has 56 valence electrons. The van der Waals surface area contributed by atoms with E-state index in [1.54, 1.807) is 10.7 Å². The molecule has 0 spiro atoms. The summed E-state index contributed by atoms with van der Waals surface area (Å²) >= 11 is 0. The predicted molar refractivity (Wildman–Crippen MR) is 40.1 cm³/mol. The van der Waals surface area contributed by atoms with Crippen molar-refractivity contribution in [3.63, 3.8) is 0 Å². The van der Waals surface area contributed by atoms with Crippen LogP contribution in [0.1, 0.15) is 19.5 Å². The van der Waals surface area contributed by atoms with Crippen LogP contribution in [0.15, 0.2) is 10.9 Å². The molecule has 0 unspecified atom stereocenters. The van der Waals surface area contributed by atoms with Crippen LogP contribution < -0.4 is 5.56 Å². The van der Waals surface area contributed by atoms with Crippen molar-refractivity contribution in [1.29, 1.82) is 0 Å². The highest BCUT2D eigenvalue weighted by Gasteiger charge is 1.96. The Balaban J connectivity index is 3.04. The van der Waals surface area contributed by atoms with Crippen LogP contribution in [0.5, 0.6) is 0 Å². The fourth-order valence-corrected chi connectivity index (χ4v) is 0.904. The summed E-state index contributed by atoms with van der Waals surface area (Å²) in [5.41, 5.74) is 1.08. The van der Waals surface area contributed by atoms with E-state index in [1.165, 1.54) is 0 Å². The first-order valence-corrected chi connectivity index (χ1v) is 3.56. The van der Waals surface area contributed by atoms with Crippen LogP contribution in [0.2, 0.25) is 0 Å². The molecule has 3 heteroatoms. The van der Waals surface area contributed by atoms with Gasteiger partial charge in [-0.2, -0.15) is 0 Å². The van der Waals surface area contributed by atoms with Crippen molar-refractivity contribution in [3.8, 4) is 0 Å². The van der Waals surface area contributed by atoms with E-state index in [9.17, 15) is 4.79 Å². The van der Waals surface area contributed by atoms with Crippen LogP contribution >= 0.6 is 0 Å². The number of aryl methyl sites for hydroxylation is 2. The Hall–Kier alpha value is -0.990. The van der Waals surface area contributed by atoms with Crippen LogP contribution in [-0.2, 0) is 13.0 Å². The number of nitrogens with zero attached hydrogens (tertiary/aromatic N) is 1. The van der Waals surface area contributed by atoms with Gasteiger partial charge in [-0.15, -0.1) is 0 Å². The summed E-state index contributed by atoms with van der Waals surface area (Å²) in [7, 11) is 0. The molecule has 10 heavy (non-hydrogen) atoms. The molecule has 0 aliphatic rings. The van der Waals surface area contributed by atoms with Crippen molar-refractivity contribution in [1.82, 2.24) is 9.78 Å². The number of nitrogens with one attached hydrogen (secondary N) is 1. The number of hydrogen-bond donors (Lipinski definition) is 1. The molecule has 3 nitrogen and oxygen atoms in total. The van der Waals surface area contributed by atoms with Gasteiger partial charge in [-0.25, -0.2) is 0 Å². The van der Waals surface area contributed by atoms with Crippen molar-refractivity contribution in [2.24, 2.45) is 0 Å². The molecular formula is C7H12N2O. The number of aromatic amines is 1. The number of rotatable bonds is 2. The number of hydrogen-bond acceptors (Lipinski definition) is 1. The third-order valence-electron chi connectivity index (χ3n) is 1.54. The maximum atomic E-state index is 11.0. The molecule has 0 amide bonds. The Kier molecular flexibility index (Phi) is 1.94. The average Bonchev–Trinajstić information content (AvgIpc) is 2.30. The molecule has 0 aromatic carbocycles. The van der Waals surface area contributed by atoms with Crippen LogP contribution in [0.3, 0.4) is 0 Å². The zero-order valence-electron chi connectivity index (χ0n) is 6.35. The second-order valence-corrected chi connectivity index (χ2v) is 2.22. The van der Waals surface area contributed by atoms with E-state index in [0.717, 1.165) is 18.7 Å². The lowest BCUT2D eigenvalue weighted by atomic mass is 10.3. The fraction of sp³-hybridized carbons (Fsp3) is 0.571. The first-order valence-electron chi connectivity index (χ1n) is 3.56. The van der Waals surface area contributed by atoms with E-state index in [4.69, 9.17) is 0 Å². The van der Waals surface area contributed by atoms with E-state index in [1.807, 2.05) is 13.8 Å². The van der Waals surface area contributed by atoms with Gasteiger partial charge in [0.25, 0.3) is 5.56 Å². The van der Waals surface area contributed by atoms with Crippen molar-refractivity contribution < 1.29 is 0 Å². The molecule has 0 fully saturated rings. The standard InChI is InChI=1S/C7H12N2O/c1-3-6-5-7(10)9(4-2)8-6/h5,8H,3-4H2,1-2H3. The third kappa shape index (κ3) is 1.12. The van der Waals surface area contributed by atoms with Gasteiger partial charge in [0.15, 0.2) is 0 Å². The topological polar surface area (TPSA) is 37.8 Å². The molecule has 0 aliphatic heterocycles. The summed E-state index contributed by atoms with van der Waals surface area (Å²) < 4.78 is 1.60. The van der Waals surface area contributed by atoms with Crippen molar-refractivity contribution >= 4 is 0 Å². The van der Waals surface area contributed by atoms with Crippen LogP contribution in [0, 0.1) is 0 Å². The minimum Gasteiger partial charge on any atom is -0.300 e. The van der Waals surface area contributed by atoms with Crippen molar-refractivity contribution in [3.05, 3.63) is 22.1 Å². The van der Waals surface area contributed by atoms with Gasteiger partial charge in [0, 0.05) is 18.3 Å². The van der Waals surface area contributed by atoms with Gasteiger partial charge in [0.2, 0.25) is 0 Å². The summed E-state index contributed by atoms with van der Waals surface area (Å²) in [5.74, 6) is 0. The van der Waals surface area contributed by atoms with Gasteiger partial charge in [-0.1, -0.05) is 6.92 Å². The molecule has 1 aromatic heterocycles. The van der Waals surface area contributed by atoms with Gasteiger partial charge < -0.3 is 0 Å². The average molecular weight is 140 g/mol. The Morgan fingerprint density at radius 2 is 2.30 bits per heavy atom. The Bertz CT molecular complexity index is 259. The zero-order chi connectivity index (χ0) is 7.56. The first-order chi connectivity index (χ1) is 4.77. The van der Waals surface area contributed by atoms with E-state index in [0.29, 0.717) is 0 Å². The highest BCUT2D eigenvalue weighted by atomic mass is 16.1. The predicted octanol–water partition coefficient (Wildman–Crippen LogP) is 0.759. The van der Waals surface area contributed by atoms with Crippen LogP contribution in [0.4, 0.5) is 0 Å². The molecule has 0 saturated heterocycles. The molecule has 1 rings (SSSR count). The van der Waals surface area contributed by atoms with Crippen molar-refractivity contribution in [2.45, 2.75) is 26.8 Å². The Morgan fingerprint density at radius 3 is 2.60 bits per heavy atom. The first kappa shape index (κ1) is 7.12. The largest absolute Gasteiger partial charge is 0.300 e. The van der Waals surface area contributed by atoms with Gasteiger partial charge in [0.05, 0.1) is 0 Å². The lowest BCUT2D eigenvalue weighted by Crippen LogP contribution is -2.13. The second-order valence-electron chi connectivity index (χ2n) is 2.22. The minimum absolute atomic E-state index is 0.0688. The van der Waals surface area contributed by atoms with Gasteiger partial charge in [-0.05, 0) is 13.3 Å². The summed E-state index contributed by atoms with van der Waals surface area (Å²) in [6.45, 7) is 4.68. The Labute approximate surface area is 59.7 Å². The summed E-state index contributed by atoms with van der Waals surface area (Å²) in [4.78, 5) is 11.0. The molecule has 1 N–H and O–H groups in total. The molecular weight excluding hydrogens is 128 g/mol. The second kappa shape index (κ2) is 2.73. The van der Waals surface area contributed by atoms with Gasteiger partial charge >= 0.3 is 0 Å². The molecule has 1 heterocycles. The quantitative estimate of drug-likeness (QED) is 0.647. The highest BCUT2D eigenvalue weighted by molar-refractivity contribution is 4.98. The van der Waals surface area contributed by atoms with E-state index in [-0.39, 0.29) is 5.56 Å². The molecule has 0 saturated carbocycles. The maximum absolute atomic E-state index is 11.0. The summed E-state index contributed by atoms with van der Waals surface area (Å²) in [5, 5.41) is 2.98. The van der Waals surface area contributed by atoms with E-state index >= 15 is 0 Å². The molecule has 0 bridgehead atoms. The van der Waals surface area contributed by atoms with Gasteiger partial charge in [0.1, 0.15) is 0 Å². The van der Waals surface area contributed by atoms with Crippen LogP contribution in [0.25, 0.3) is 0 Å². The molecule has 0 radical (unpaired) electrons. The Morgan fingerprint density at radius 1 is 1.60 bits per heavy atom. The normalized spacial score (nSPS) is 10.2. The molecule has 0 aliphatic carbocycles. The van der Waals surface area contributed by atoms with E-state index < -0.39 is 0 Å². The van der Waals surface area contributed by atoms with E-state index in [2.05, 4.69) is 5.10 Å². The number of aromatic nitrogens is 2. The number of H-pyrrole nitrogens is 1. The molecule has 0 atom stereocenters. The zero-order valence-corrected chi connectivity index (χ0v) is 6.35. The smallest absolute Gasteiger partial charge is 0.266 e. The van der Waals surface area contributed by atoms with Crippen LogP contribution in [-0.4, -0.2) is 9.78 Å². The summed E-state index contributed by atoms with van der Waals surface area (Å²) in [6, 6.07) is 1.64. The lowest BCUT2D eigenvalue weighted by Gasteiger charge is -1.92. The highest BCUT2D eigenvalue weighted by Crippen LogP contribution is 1.89. The van der Waals surface area contributed by atoms with Gasteiger partial charge in [-0.3, -0.25) is 14.6 Å². The minimum atomic E-state index is 0.0688. The maximum Gasteiger partial charge on any atom is 0.266 e. The monoisotopic (exact) mass is 140 g/mol. The fourth-order valence-electron chi connectivity index (χ4n) is 0.904. The SMILES string of the molecule is CCc1cc(=O)n(CC)[nH]1.